The second kappa shape index (κ2) is 11.8. The second-order valence-electron chi connectivity index (χ2n) is 5.00. The summed E-state index contributed by atoms with van der Waals surface area (Å²) < 4.78 is 5.02. The van der Waals surface area contributed by atoms with Crippen molar-refractivity contribution in [1.29, 1.82) is 0 Å². The number of furan rings is 1. The van der Waals surface area contributed by atoms with Gasteiger partial charge in [-0.2, -0.15) is 0 Å². The molecular formula is C17H22ClIN4O2. The van der Waals surface area contributed by atoms with Gasteiger partial charge in [0.05, 0.1) is 6.26 Å². The lowest BCUT2D eigenvalue weighted by atomic mass is 10.1. The van der Waals surface area contributed by atoms with E-state index in [1.165, 1.54) is 6.26 Å². The summed E-state index contributed by atoms with van der Waals surface area (Å²) in [7, 11) is 1.70. The Morgan fingerprint density at radius 3 is 2.48 bits per heavy atom. The van der Waals surface area contributed by atoms with Crippen molar-refractivity contribution in [2.75, 3.05) is 26.7 Å². The van der Waals surface area contributed by atoms with Crippen LogP contribution in [0.25, 0.3) is 0 Å². The van der Waals surface area contributed by atoms with Gasteiger partial charge in [0.2, 0.25) is 0 Å². The smallest absolute Gasteiger partial charge is 0.287 e. The number of aliphatic imine (C=N–C) groups is 1. The van der Waals surface area contributed by atoms with Crippen LogP contribution in [0, 0.1) is 0 Å². The summed E-state index contributed by atoms with van der Waals surface area (Å²) in [5.74, 6) is 0.745. The molecule has 0 saturated heterocycles. The predicted molar refractivity (Wildman–Crippen MR) is 111 cm³/mol. The van der Waals surface area contributed by atoms with Crippen molar-refractivity contribution >= 4 is 47.4 Å². The van der Waals surface area contributed by atoms with Gasteiger partial charge >= 0.3 is 0 Å². The highest BCUT2D eigenvalue weighted by molar-refractivity contribution is 14.0. The molecule has 6 nitrogen and oxygen atoms in total. The minimum Gasteiger partial charge on any atom is -0.459 e. The van der Waals surface area contributed by atoms with Crippen molar-refractivity contribution in [2.24, 2.45) is 4.99 Å². The fourth-order valence-electron chi connectivity index (χ4n) is 2.09. The van der Waals surface area contributed by atoms with Crippen molar-refractivity contribution in [3.05, 3.63) is 59.0 Å². The Morgan fingerprint density at radius 1 is 1.08 bits per heavy atom. The number of benzene rings is 1. The Balaban J connectivity index is 0.00000312. The predicted octanol–water partition coefficient (Wildman–Crippen LogP) is 2.69. The molecular weight excluding hydrogens is 455 g/mol. The van der Waals surface area contributed by atoms with E-state index in [9.17, 15) is 4.79 Å². The molecule has 25 heavy (non-hydrogen) atoms. The van der Waals surface area contributed by atoms with Crippen molar-refractivity contribution < 1.29 is 9.21 Å². The second-order valence-corrected chi connectivity index (χ2v) is 5.41. The van der Waals surface area contributed by atoms with Crippen molar-refractivity contribution in [3.63, 3.8) is 0 Å². The number of halogens is 2. The standard InChI is InChI=1S/C17H21ClN4O2.HI/c1-19-17(21-9-8-13-5-2-3-6-14(13)18)22-11-10-20-16(23)15-7-4-12-24-15;/h2-7,12H,8-11H2,1H3,(H,20,23)(H2,19,21,22);1H. The molecule has 0 aliphatic carbocycles. The van der Waals surface area contributed by atoms with Crippen LogP contribution in [0.5, 0.6) is 0 Å². The van der Waals surface area contributed by atoms with Gasteiger partial charge in [-0.25, -0.2) is 0 Å². The third-order valence-electron chi connectivity index (χ3n) is 3.32. The Bertz CT molecular complexity index is 677. The van der Waals surface area contributed by atoms with Crippen molar-refractivity contribution in [3.8, 4) is 0 Å². The first-order chi connectivity index (χ1) is 11.7. The van der Waals surface area contributed by atoms with Crippen LogP contribution in [0.15, 0.2) is 52.1 Å². The number of carbonyl (C=O) groups excluding carboxylic acids is 1. The number of guanidine groups is 1. The van der Waals surface area contributed by atoms with E-state index in [-0.39, 0.29) is 29.9 Å². The zero-order valence-corrected chi connectivity index (χ0v) is 17.0. The van der Waals surface area contributed by atoms with Gasteiger partial charge in [0.25, 0.3) is 5.91 Å². The molecule has 1 amide bonds. The molecule has 0 unspecified atom stereocenters. The van der Waals surface area contributed by atoms with Gasteiger partial charge in [-0.1, -0.05) is 29.8 Å². The fraction of sp³-hybridized carbons (Fsp3) is 0.294. The molecule has 1 aromatic carbocycles. The minimum absolute atomic E-state index is 0. The molecule has 1 heterocycles. The fourth-order valence-corrected chi connectivity index (χ4v) is 2.32. The zero-order chi connectivity index (χ0) is 17.2. The number of hydrogen-bond donors (Lipinski definition) is 3. The van der Waals surface area contributed by atoms with Gasteiger partial charge in [0, 0.05) is 31.7 Å². The molecule has 0 fully saturated rings. The summed E-state index contributed by atoms with van der Waals surface area (Å²) in [5.41, 5.74) is 1.09. The molecule has 0 aliphatic rings. The molecule has 8 heteroatoms. The van der Waals surface area contributed by atoms with Crippen molar-refractivity contribution in [1.82, 2.24) is 16.0 Å². The maximum atomic E-state index is 11.7. The summed E-state index contributed by atoms with van der Waals surface area (Å²) in [4.78, 5) is 15.8. The summed E-state index contributed by atoms with van der Waals surface area (Å²) in [6, 6.07) is 11.1. The summed E-state index contributed by atoms with van der Waals surface area (Å²) in [5, 5.41) is 9.87. The zero-order valence-electron chi connectivity index (χ0n) is 13.9. The largest absolute Gasteiger partial charge is 0.459 e. The average molecular weight is 477 g/mol. The van der Waals surface area contributed by atoms with E-state index in [1.54, 1.807) is 19.2 Å². The molecule has 0 saturated carbocycles. The first-order valence-corrected chi connectivity index (χ1v) is 8.08. The third kappa shape index (κ3) is 7.35. The van der Waals surface area contributed by atoms with Gasteiger partial charge in [-0.05, 0) is 30.2 Å². The molecule has 0 bridgehead atoms. The van der Waals surface area contributed by atoms with Crippen LogP contribution in [0.2, 0.25) is 5.02 Å². The molecule has 0 spiro atoms. The van der Waals surface area contributed by atoms with Crippen LogP contribution in [0.4, 0.5) is 0 Å². The Morgan fingerprint density at radius 2 is 1.80 bits per heavy atom. The lowest BCUT2D eigenvalue weighted by Crippen LogP contribution is -2.42. The molecule has 0 atom stereocenters. The van der Waals surface area contributed by atoms with Gasteiger partial charge in [0.15, 0.2) is 11.7 Å². The number of hydrogen-bond acceptors (Lipinski definition) is 3. The number of nitrogens with one attached hydrogen (secondary N) is 3. The topological polar surface area (TPSA) is 78.7 Å². The van der Waals surface area contributed by atoms with Gasteiger partial charge in [-0.15, -0.1) is 24.0 Å². The first kappa shape index (κ1) is 21.3. The van der Waals surface area contributed by atoms with E-state index < -0.39 is 0 Å². The Labute approximate surface area is 169 Å². The van der Waals surface area contributed by atoms with E-state index >= 15 is 0 Å². The van der Waals surface area contributed by atoms with Gasteiger partial charge in [-0.3, -0.25) is 9.79 Å². The number of amides is 1. The number of rotatable bonds is 7. The van der Waals surface area contributed by atoms with E-state index in [1.807, 2.05) is 24.3 Å². The quantitative estimate of drug-likeness (QED) is 0.248. The maximum absolute atomic E-state index is 11.7. The molecule has 136 valence electrons. The number of carbonyl (C=O) groups is 1. The highest BCUT2D eigenvalue weighted by Gasteiger charge is 2.07. The van der Waals surface area contributed by atoms with Crippen LogP contribution >= 0.6 is 35.6 Å². The lowest BCUT2D eigenvalue weighted by molar-refractivity contribution is 0.0926. The summed E-state index contributed by atoms with van der Waals surface area (Å²) >= 11 is 6.13. The molecule has 1 aromatic heterocycles. The van der Waals surface area contributed by atoms with E-state index in [0.29, 0.717) is 31.4 Å². The molecule has 2 rings (SSSR count). The van der Waals surface area contributed by atoms with Crippen molar-refractivity contribution in [2.45, 2.75) is 6.42 Å². The molecule has 2 aromatic rings. The molecule has 0 aliphatic heterocycles. The van der Waals surface area contributed by atoms with Crippen LogP contribution in [0.1, 0.15) is 16.1 Å². The van der Waals surface area contributed by atoms with Gasteiger partial charge < -0.3 is 20.4 Å². The van der Waals surface area contributed by atoms with E-state index in [4.69, 9.17) is 16.0 Å². The van der Waals surface area contributed by atoms with Gasteiger partial charge in [0.1, 0.15) is 0 Å². The normalized spacial score (nSPS) is 10.7. The first-order valence-electron chi connectivity index (χ1n) is 7.70. The average Bonchev–Trinajstić information content (AvgIpc) is 3.13. The molecule has 3 N–H and O–H groups in total. The van der Waals surface area contributed by atoms with E-state index in [0.717, 1.165) is 17.0 Å². The third-order valence-corrected chi connectivity index (χ3v) is 3.68. The van der Waals surface area contributed by atoms with Crippen LogP contribution in [0.3, 0.4) is 0 Å². The van der Waals surface area contributed by atoms with Crippen LogP contribution in [-0.4, -0.2) is 38.5 Å². The molecule has 0 radical (unpaired) electrons. The Kier molecular flexibility index (Phi) is 10.0. The highest BCUT2D eigenvalue weighted by Crippen LogP contribution is 2.14. The van der Waals surface area contributed by atoms with Crippen LogP contribution in [-0.2, 0) is 6.42 Å². The number of nitrogens with zero attached hydrogens (tertiary/aromatic N) is 1. The lowest BCUT2D eigenvalue weighted by Gasteiger charge is -2.12. The SMILES string of the molecule is CN=C(NCCNC(=O)c1ccco1)NCCc1ccccc1Cl.I. The summed E-state index contributed by atoms with van der Waals surface area (Å²) in [6.45, 7) is 1.73. The maximum Gasteiger partial charge on any atom is 0.287 e. The highest BCUT2D eigenvalue weighted by atomic mass is 127. The van der Waals surface area contributed by atoms with Crippen LogP contribution < -0.4 is 16.0 Å². The monoisotopic (exact) mass is 476 g/mol. The Hall–Kier alpha value is -1.74. The minimum atomic E-state index is -0.233. The summed E-state index contributed by atoms with van der Waals surface area (Å²) in [6.07, 6.45) is 2.27. The van der Waals surface area contributed by atoms with E-state index in [2.05, 4.69) is 20.9 Å².